The van der Waals surface area contributed by atoms with E-state index in [1.165, 1.54) is 141 Å². The summed E-state index contributed by atoms with van der Waals surface area (Å²) in [7, 11) is 0. The molecule has 0 saturated carbocycles. The third-order valence-electron chi connectivity index (χ3n) is 11.2. The Hall–Kier alpha value is -1.59. The van der Waals surface area contributed by atoms with Crippen LogP contribution in [0.1, 0.15) is 253 Å². The van der Waals surface area contributed by atoms with Gasteiger partial charge in [-0.25, -0.2) is 0 Å². The molecule has 314 valence electrons. The van der Waals surface area contributed by atoms with Crippen molar-refractivity contribution < 1.29 is 28.6 Å². The van der Waals surface area contributed by atoms with Crippen molar-refractivity contribution in [3.63, 3.8) is 0 Å². The molecule has 0 heterocycles. The molecule has 0 rings (SSSR count). The molecule has 0 spiro atoms. The summed E-state index contributed by atoms with van der Waals surface area (Å²) in [5.41, 5.74) is 0. The van der Waals surface area contributed by atoms with Crippen LogP contribution in [-0.2, 0) is 28.6 Å². The van der Waals surface area contributed by atoms with Gasteiger partial charge in [0.15, 0.2) is 6.10 Å². The van der Waals surface area contributed by atoms with Gasteiger partial charge in [-0.05, 0) is 31.1 Å². The molecule has 0 N–H and O–H groups in total. The highest BCUT2D eigenvalue weighted by Gasteiger charge is 2.19. The molecule has 0 fully saturated rings. The van der Waals surface area contributed by atoms with Gasteiger partial charge >= 0.3 is 17.9 Å². The summed E-state index contributed by atoms with van der Waals surface area (Å²) in [5, 5.41) is 0. The lowest BCUT2D eigenvalue weighted by Gasteiger charge is -2.18. The SMILES string of the molecule is CCCCCCCCCCCC(=O)OC[C@H](COC(=O)CCCCCCCCCCCCC(C)CC)OC(=O)CCCCCCCCCCC(C)CC. The minimum absolute atomic E-state index is 0.0652. The number of hydrogen-bond donors (Lipinski definition) is 0. The molecule has 2 unspecified atom stereocenters. The normalized spacial score (nSPS) is 13.1. The van der Waals surface area contributed by atoms with Crippen molar-refractivity contribution in [1.29, 1.82) is 0 Å². The fraction of sp³-hybridized carbons (Fsp3) is 0.936. The average molecular weight is 751 g/mol. The van der Waals surface area contributed by atoms with Crippen LogP contribution >= 0.6 is 0 Å². The maximum absolute atomic E-state index is 12.7. The van der Waals surface area contributed by atoms with Crippen LogP contribution in [0.2, 0.25) is 0 Å². The number of esters is 3. The van der Waals surface area contributed by atoms with Crippen LogP contribution in [0.25, 0.3) is 0 Å². The van der Waals surface area contributed by atoms with E-state index in [4.69, 9.17) is 14.2 Å². The van der Waals surface area contributed by atoms with E-state index < -0.39 is 6.10 Å². The minimum Gasteiger partial charge on any atom is -0.462 e. The minimum atomic E-state index is -0.760. The Bertz CT molecular complexity index is 813. The highest BCUT2D eigenvalue weighted by Crippen LogP contribution is 2.17. The molecule has 3 atom stereocenters. The quantitative estimate of drug-likeness (QED) is 0.0352. The Labute approximate surface area is 329 Å². The second-order valence-electron chi connectivity index (χ2n) is 16.5. The van der Waals surface area contributed by atoms with E-state index in [2.05, 4.69) is 34.6 Å². The first-order valence-corrected chi connectivity index (χ1v) is 23.3. The average Bonchev–Trinajstić information content (AvgIpc) is 3.15. The molecular formula is C47H90O6. The molecule has 6 heteroatoms. The first-order chi connectivity index (χ1) is 25.8. The lowest BCUT2D eigenvalue weighted by molar-refractivity contribution is -0.167. The fourth-order valence-electron chi connectivity index (χ4n) is 6.86. The topological polar surface area (TPSA) is 78.9 Å². The second-order valence-corrected chi connectivity index (χ2v) is 16.5. The third kappa shape index (κ3) is 38.5. The van der Waals surface area contributed by atoms with E-state index in [-0.39, 0.29) is 31.1 Å². The monoisotopic (exact) mass is 751 g/mol. The van der Waals surface area contributed by atoms with Crippen molar-refractivity contribution in [3.8, 4) is 0 Å². The van der Waals surface area contributed by atoms with E-state index in [1.54, 1.807) is 0 Å². The van der Waals surface area contributed by atoms with Crippen molar-refractivity contribution in [3.05, 3.63) is 0 Å². The molecule has 0 bridgehead atoms. The summed E-state index contributed by atoms with van der Waals surface area (Å²) in [6.45, 7) is 11.4. The van der Waals surface area contributed by atoms with Gasteiger partial charge in [-0.1, -0.05) is 214 Å². The summed E-state index contributed by atoms with van der Waals surface area (Å²) < 4.78 is 16.7. The second kappa shape index (κ2) is 40.1. The third-order valence-corrected chi connectivity index (χ3v) is 11.2. The molecule has 0 aromatic carbocycles. The summed E-state index contributed by atoms with van der Waals surface area (Å²) in [6.07, 6.45) is 37.9. The molecule has 53 heavy (non-hydrogen) atoms. The van der Waals surface area contributed by atoms with Gasteiger partial charge in [0, 0.05) is 19.3 Å². The molecule has 0 aromatic heterocycles. The molecule has 6 nitrogen and oxygen atoms in total. The van der Waals surface area contributed by atoms with E-state index in [0.29, 0.717) is 19.3 Å². The Morgan fingerprint density at radius 1 is 0.377 bits per heavy atom. The van der Waals surface area contributed by atoms with Crippen molar-refractivity contribution in [2.75, 3.05) is 13.2 Å². The lowest BCUT2D eigenvalue weighted by Crippen LogP contribution is -2.30. The van der Waals surface area contributed by atoms with Crippen LogP contribution in [0.15, 0.2) is 0 Å². The van der Waals surface area contributed by atoms with Crippen molar-refractivity contribution in [1.82, 2.24) is 0 Å². The van der Waals surface area contributed by atoms with E-state index in [0.717, 1.165) is 69.6 Å². The van der Waals surface area contributed by atoms with Crippen molar-refractivity contribution >= 4 is 17.9 Å². The number of unbranched alkanes of at least 4 members (excludes halogenated alkanes) is 24. The van der Waals surface area contributed by atoms with Gasteiger partial charge in [-0.2, -0.15) is 0 Å². The van der Waals surface area contributed by atoms with Gasteiger partial charge in [0.25, 0.3) is 0 Å². The molecular weight excluding hydrogens is 661 g/mol. The molecule has 0 saturated heterocycles. The molecule has 0 amide bonds. The zero-order valence-electron chi connectivity index (χ0n) is 36.1. The van der Waals surface area contributed by atoms with E-state index in [1.807, 2.05) is 0 Å². The number of ether oxygens (including phenoxy) is 3. The summed E-state index contributed by atoms with van der Waals surface area (Å²) in [4.78, 5) is 37.7. The van der Waals surface area contributed by atoms with Gasteiger partial charge < -0.3 is 14.2 Å². The van der Waals surface area contributed by atoms with Crippen LogP contribution in [0.4, 0.5) is 0 Å². The van der Waals surface area contributed by atoms with Crippen molar-refractivity contribution in [2.45, 2.75) is 259 Å². The van der Waals surface area contributed by atoms with E-state index >= 15 is 0 Å². The van der Waals surface area contributed by atoms with Crippen LogP contribution < -0.4 is 0 Å². The van der Waals surface area contributed by atoms with Gasteiger partial charge in [-0.3, -0.25) is 14.4 Å². The number of rotatable bonds is 41. The Balaban J connectivity index is 4.33. The molecule has 0 aromatic rings. The number of carbonyl (C=O) groups is 3. The zero-order chi connectivity index (χ0) is 39.0. The molecule has 0 aliphatic heterocycles. The Morgan fingerprint density at radius 2 is 0.660 bits per heavy atom. The number of carbonyl (C=O) groups excluding carboxylic acids is 3. The van der Waals surface area contributed by atoms with Gasteiger partial charge in [0.1, 0.15) is 13.2 Å². The lowest BCUT2D eigenvalue weighted by atomic mass is 9.99. The molecule has 0 aliphatic rings. The van der Waals surface area contributed by atoms with Crippen LogP contribution in [0, 0.1) is 11.8 Å². The highest BCUT2D eigenvalue weighted by atomic mass is 16.6. The maximum Gasteiger partial charge on any atom is 0.306 e. The van der Waals surface area contributed by atoms with E-state index in [9.17, 15) is 14.4 Å². The first kappa shape index (κ1) is 51.4. The van der Waals surface area contributed by atoms with Crippen LogP contribution in [0.3, 0.4) is 0 Å². The van der Waals surface area contributed by atoms with Gasteiger partial charge in [0.2, 0.25) is 0 Å². The molecule has 0 radical (unpaired) electrons. The van der Waals surface area contributed by atoms with Crippen LogP contribution in [0.5, 0.6) is 0 Å². The summed E-state index contributed by atoms with van der Waals surface area (Å²) in [5.74, 6) is 0.855. The summed E-state index contributed by atoms with van der Waals surface area (Å²) in [6, 6.07) is 0. The van der Waals surface area contributed by atoms with Gasteiger partial charge in [-0.15, -0.1) is 0 Å². The predicted octanol–water partition coefficient (Wildman–Crippen LogP) is 14.6. The highest BCUT2D eigenvalue weighted by molar-refractivity contribution is 5.71. The Morgan fingerprint density at radius 3 is 0.981 bits per heavy atom. The predicted molar refractivity (Wildman–Crippen MR) is 224 cm³/mol. The van der Waals surface area contributed by atoms with Crippen molar-refractivity contribution in [2.24, 2.45) is 11.8 Å². The zero-order valence-corrected chi connectivity index (χ0v) is 36.1. The van der Waals surface area contributed by atoms with Crippen LogP contribution in [-0.4, -0.2) is 37.2 Å². The summed E-state index contributed by atoms with van der Waals surface area (Å²) >= 11 is 0. The largest absolute Gasteiger partial charge is 0.462 e. The fourth-order valence-corrected chi connectivity index (χ4v) is 6.86. The molecule has 0 aliphatic carbocycles. The smallest absolute Gasteiger partial charge is 0.306 e. The first-order valence-electron chi connectivity index (χ1n) is 23.3. The van der Waals surface area contributed by atoms with Gasteiger partial charge in [0.05, 0.1) is 0 Å². The standard InChI is InChI=1S/C47H90O6/c1-6-9-10-11-12-15-22-27-32-37-45(48)51-40-44(53-47(50)39-34-29-24-19-18-21-26-31-36-43(5)8-3)41-52-46(49)38-33-28-23-17-14-13-16-20-25-30-35-42(4)7-2/h42-44H,6-41H2,1-5H3/t42?,43?,44-/m1/s1. The number of hydrogen-bond acceptors (Lipinski definition) is 6. The Kier molecular flexibility index (Phi) is 38.9. The maximum atomic E-state index is 12.7.